The summed E-state index contributed by atoms with van der Waals surface area (Å²) in [5.41, 5.74) is 0.943. The summed E-state index contributed by atoms with van der Waals surface area (Å²) in [6.45, 7) is 1.86. The topological polar surface area (TPSA) is 42.3 Å². The maximum absolute atomic E-state index is 10.3. The van der Waals surface area contributed by atoms with Crippen LogP contribution in [0.5, 0.6) is 0 Å². The molecule has 1 aromatic heterocycles. The van der Waals surface area contributed by atoms with E-state index in [1.807, 2.05) is 13.0 Å². The van der Waals surface area contributed by atoms with Gasteiger partial charge in [-0.05, 0) is 40.2 Å². The Morgan fingerprint density at radius 3 is 3.00 bits per heavy atom. The number of nitrogens with zero attached hydrogens (tertiary/aromatic N) is 2. The van der Waals surface area contributed by atoms with E-state index < -0.39 is 0 Å². The van der Waals surface area contributed by atoms with E-state index in [4.69, 9.17) is 0 Å². The summed E-state index contributed by atoms with van der Waals surface area (Å²) in [5.74, 6) is 0. The molecule has 0 aliphatic heterocycles. The van der Waals surface area contributed by atoms with Gasteiger partial charge in [0.2, 0.25) is 0 Å². The zero-order valence-electron chi connectivity index (χ0n) is 6.49. The molecule has 3 nitrogen and oxygen atoms in total. The molecule has 1 heterocycles. The fourth-order valence-corrected chi connectivity index (χ4v) is 1.12. The lowest BCUT2D eigenvalue weighted by atomic mass is 10.3. The SMILES string of the molecule is C/C=C\c1ncc(Br)cc1N=O. The first-order chi connectivity index (χ1) is 5.77. The van der Waals surface area contributed by atoms with Crippen LogP contribution in [-0.4, -0.2) is 4.98 Å². The van der Waals surface area contributed by atoms with Gasteiger partial charge in [-0.25, -0.2) is 0 Å². The summed E-state index contributed by atoms with van der Waals surface area (Å²) in [7, 11) is 0. The Balaban J connectivity index is 3.19. The monoisotopic (exact) mass is 226 g/mol. The Labute approximate surface area is 78.6 Å². The van der Waals surface area contributed by atoms with E-state index in [1.165, 1.54) is 0 Å². The van der Waals surface area contributed by atoms with Crippen LogP contribution in [0.4, 0.5) is 5.69 Å². The van der Waals surface area contributed by atoms with Crippen LogP contribution in [0.15, 0.2) is 28.0 Å². The average molecular weight is 227 g/mol. The van der Waals surface area contributed by atoms with Crippen molar-refractivity contribution in [2.45, 2.75) is 6.92 Å². The van der Waals surface area contributed by atoms with Gasteiger partial charge in [0, 0.05) is 10.7 Å². The van der Waals surface area contributed by atoms with Crippen molar-refractivity contribution in [2.75, 3.05) is 0 Å². The van der Waals surface area contributed by atoms with Crippen LogP contribution in [0.2, 0.25) is 0 Å². The molecular weight excluding hydrogens is 220 g/mol. The van der Waals surface area contributed by atoms with Crippen LogP contribution in [0.3, 0.4) is 0 Å². The largest absolute Gasteiger partial charge is 0.253 e. The molecular formula is C8H7BrN2O. The van der Waals surface area contributed by atoms with Gasteiger partial charge in [-0.15, -0.1) is 4.91 Å². The third kappa shape index (κ3) is 1.98. The Kier molecular flexibility index (Phi) is 3.10. The summed E-state index contributed by atoms with van der Waals surface area (Å²) in [6, 6.07) is 1.63. The van der Waals surface area contributed by atoms with E-state index in [2.05, 4.69) is 26.1 Å². The quantitative estimate of drug-likeness (QED) is 0.727. The average Bonchev–Trinajstić information content (AvgIpc) is 2.08. The van der Waals surface area contributed by atoms with Crippen molar-refractivity contribution in [2.24, 2.45) is 5.18 Å². The van der Waals surface area contributed by atoms with Crippen molar-refractivity contribution in [3.63, 3.8) is 0 Å². The van der Waals surface area contributed by atoms with E-state index in [0.29, 0.717) is 11.4 Å². The molecule has 0 aliphatic rings. The predicted octanol–water partition coefficient (Wildman–Crippen LogP) is 3.28. The van der Waals surface area contributed by atoms with E-state index in [-0.39, 0.29) is 0 Å². The van der Waals surface area contributed by atoms with E-state index in [0.717, 1.165) is 4.47 Å². The Hall–Kier alpha value is -1.03. The molecule has 0 saturated heterocycles. The second kappa shape index (κ2) is 4.11. The lowest BCUT2D eigenvalue weighted by Crippen LogP contribution is -1.80. The van der Waals surface area contributed by atoms with Gasteiger partial charge < -0.3 is 0 Å². The molecule has 0 aliphatic carbocycles. The highest BCUT2D eigenvalue weighted by atomic mass is 79.9. The summed E-state index contributed by atoms with van der Waals surface area (Å²) < 4.78 is 0.755. The summed E-state index contributed by atoms with van der Waals surface area (Å²) in [5, 5.41) is 2.86. The molecule has 0 aromatic carbocycles. The van der Waals surface area contributed by atoms with Crippen LogP contribution in [0.1, 0.15) is 12.6 Å². The minimum absolute atomic E-state index is 0.350. The van der Waals surface area contributed by atoms with Gasteiger partial charge in [-0.1, -0.05) is 6.08 Å². The highest BCUT2D eigenvalue weighted by molar-refractivity contribution is 9.10. The van der Waals surface area contributed by atoms with Crippen LogP contribution >= 0.6 is 15.9 Å². The van der Waals surface area contributed by atoms with Crippen LogP contribution in [0, 0.1) is 4.91 Å². The number of halogens is 1. The zero-order valence-corrected chi connectivity index (χ0v) is 8.08. The van der Waals surface area contributed by atoms with Gasteiger partial charge in [0.05, 0.1) is 5.69 Å². The summed E-state index contributed by atoms with van der Waals surface area (Å²) in [4.78, 5) is 14.3. The standard InChI is InChI=1S/C8H7BrN2O/c1-2-3-7-8(11-12)4-6(9)5-10-7/h2-5H,1H3/b3-2-. The second-order valence-corrected chi connectivity index (χ2v) is 3.06. The number of hydrogen-bond acceptors (Lipinski definition) is 3. The third-order valence-corrected chi connectivity index (χ3v) is 1.72. The van der Waals surface area contributed by atoms with Gasteiger partial charge in [0.25, 0.3) is 0 Å². The Bertz CT molecular complexity index is 323. The van der Waals surface area contributed by atoms with Crippen molar-refractivity contribution < 1.29 is 0 Å². The molecule has 0 N–H and O–H groups in total. The molecule has 12 heavy (non-hydrogen) atoms. The second-order valence-electron chi connectivity index (χ2n) is 2.15. The maximum atomic E-state index is 10.3. The maximum Gasteiger partial charge on any atom is 0.134 e. The molecule has 62 valence electrons. The van der Waals surface area contributed by atoms with Crippen molar-refractivity contribution in [3.8, 4) is 0 Å². The molecule has 1 aromatic rings. The zero-order chi connectivity index (χ0) is 8.97. The molecule has 0 bridgehead atoms. The highest BCUT2D eigenvalue weighted by Crippen LogP contribution is 2.22. The molecule has 0 saturated carbocycles. The Morgan fingerprint density at radius 1 is 1.67 bits per heavy atom. The van der Waals surface area contributed by atoms with Crippen molar-refractivity contribution in [1.29, 1.82) is 0 Å². The number of nitroso groups, excluding NO2 is 1. The fraction of sp³-hybridized carbons (Fsp3) is 0.125. The minimum Gasteiger partial charge on any atom is -0.253 e. The first-order valence-corrected chi connectivity index (χ1v) is 4.19. The van der Waals surface area contributed by atoms with Crippen molar-refractivity contribution in [1.82, 2.24) is 4.98 Å². The van der Waals surface area contributed by atoms with Crippen molar-refractivity contribution >= 4 is 27.7 Å². The smallest absolute Gasteiger partial charge is 0.134 e. The van der Waals surface area contributed by atoms with E-state index >= 15 is 0 Å². The van der Waals surface area contributed by atoms with Gasteiger partial charge in [-0.3, -0.25) is 4.98 Å². The number of aromatic nitrogens is 1. The first kappa shape index (κ1) is 9.06. The van der Waals surface area contributed by atoms with E-state index in [1.54, 1.807) is 18.3 Å². The molecule has 4 heteroatoms. The molecule has 0 radical (unpaired) electrons. The lowest BCUT2D eigenvalue weighted by Gasteiger charge is -1.95. The van der Waals surface area contributed by atoms with E-state index in [9.17, 15) is 4.91 Å². The molecule has 0 amide bonds. The summed E-state index contributed by atoms with van der Waals surface area (Å²) in [6.07, 6.45) is 5.18. The van der Waals surface area contributed by atoms with Gasteiger partial charge >= 0.3 is 0 Å². The predicted molar refractivity (Wildman–Crippen MR) is 52.1 cm³/mol. The van der Waals surface area contributed by atoms with Gasteiger partial charge in [-0.2, -0.15) is 0 Å². The first-order valence-electron chi connectivity index (χ1n) is 3.39. The number of hydrogen-bond donors (Lipinski definition) is 0. The number of pyridine rings is 1. The molecule has 1 rings (SSSR count). The van der Waals surface area contributed by atoms with Crippen LogP contribution in [-0.2, 0) is 0 Å². The number of rotatable bonds is 2. The van der Waals surface area contributed by atoms with Crippen molar-refractivity contribution in [3.05, 3.63) is 33.4 Å². The Morgan fingerprint density at radius 2 is 2.42 bits per heavy atom. The van der Waals surface area contributed by atoms with Gasteiger partial charge in [0.15, 0.2) is 0 Å². The molecule has 0 unspecified atom stereocenters. The fourth-order valence-electron chi connectivity index (χ4n) is 0.799. The lowest BCUT2D eigenvalue weighted by molar-refractivity contribution is 1.25. The molecule has 0 fully saturated rings. The minimum atomic E-state index is 0.350. The van der Waals surface area contributed by atoms with Gasteiger partial charge in [0.1, 0.15) is 5.69 Å². The molecule has 0 atom stereocenters. The summed E-state index contributed by atoms with van der Waals surface area (Å²) >= 11 is 3.20. The normalized spacial score (nSPS) is 10.5. The highest BCUT2D eigenvalue weighted by Gasteiger charge is 2.00. The number of allylic oxidation sites excluding steroid dienone is 1. The van der Waals surface area contributed by atoms with Crippen LogP contribution in [0.25, 0.3) is 6.08 Å². The third-order valence-electron chi connectivity index (χ3n) is 1.29. The van der Waals surface area contributed by atoms with Crippen LogP contribution < -0.4 is 0 Å². The molecule has 0 spiro atoms.